The fourth-order valence-corrected chi connectivity index (χ4v) is 1.73. The van der Waals surface area contributed by atoms with Gasteiger partial charge in [-0.3, -0.25) is 14.4 Å². The Hall–Kier alpha value is -4.39. The molecule has 0 N–H and O–H groups in total. The fraction of sp³-hybridized carbons (Fsp3) is 0.333. The lowest BCUT2D eigenvalue weighted by Crippen LogP contribution is -2.00. The first kappa shape index (κ1) is 40.1. The van der Waals surface area contributed by atoms with Crippen LogP contribution in [0.1, 0.15) is 41.5 Å². The minimum Gasteiger partial charge on any atom is -0.463 e. The zero-order valence-electron chi connectivity index (χ0n) is 23.3. The van der Waals surface area contributed by atoms with Crippen molar-refractivity contribution in [1.29, 1.82) is 0 Å². The molecule has 0 aliphatic heterocycles. The summed E-state index contributed by atoms with van der Waals surface area (Å²) < 4.78 is 26.5. The van der Waals surface area contributed by atoms with Crippen molar-refractivity contribution in [2.24, 2.45) is 0 Å². The molecule has 0 atom stereocenters. The zero-order chi connectivity index (χ0) is 31.2. The molecule has 0 fully saturated rings. The summed E-state index contributed by atoms with van der Waals surface area (Å²) in [5.74, 6) is -2.96. The molecule has 0 saturated heterocycles. The number of rotatable bonds is 9. The molecule has 0 aromatic heterocycles. The molecule has 0 spiro atoms. The average Bonchev–Trinajstić information content (AvgIpc) is 2.85. The Balaban J connectivity index is -0.000000461. The molecule has 0 radical (unpaired) electrons. The van der Waals surface area contributed by atoms with Crippen molar-refractivity contribution in [3.05, 3.63) is 67.3 Å². The van der Waals surface area contributed by atoms with Gasteiger partial charge in [0, 0.05) is 25.7 Å². The molecule has 0 heterocycles. The third-order valence-corrected chi connectivity index (χ3v) is 3.23. The van der Waals surface area contributed by atoms with Gasteiger partial charge < -0.3 is 28.4 Å². The second-order valence-electron chi connectivity index (χ2n) is 6.33. The number of carbonyl (C=O) groups is 6. The van der Waals surface area contributed by atoms with Gasteiger partial charge in [0.2, 0.25) is 0 Å². The molecule has 1 rings (SSSR count). The Bertz CT molecular complexity index is 874. The van der Waals surface area contributed by atoms with E-state index in [2.05, 4.69) is 41.0 Å². The Morgan fingerprint density at radius 1 is 0.575 bits per heavy atom. The molecule has 0 amide bonds. The quantitative estimate of drug-likeness (QED) is 0.147. The van der Waals surface area contributed by atoms with Crippen LogP contribution in [0, 0.1) is 0 Å². The minimum atomic E-state index is -0.520. The van der Waals surface area contributed by atoms with Gasteiger partial charge in [0.05, 0.1) is 38.0 Å². The molecule has 222 valence electrons. The number of hydrogen-bond acceptors (Lipinski definition) is 13. The summed E-state index contributed by atoms with van der Waals surface area (Å²) in [4.78, 5) is 63.1. The van der Waals surface area contributed by atoms with Crippen molar-refractivity contribution in [2.45, 2.75) is 46.4 Å². The summed E-state index contributed by atoms with van der Waals surface area (Å²) in [7, 11) is 0. The van der Waals surface area contributed by atoms with Gasteiger partial charge in [-0.1, -0.05) is 18.2 Å². The molecule has 0 bridgehead atoms. The van der Waals surface area contributed by atoms with Crippen molar-refractivity contribution in [3.63, 3.8) is 0 Å². The molecule has 0 saturated carbocycles. The normalized spacial score (nSPS) is 9.47. The standard InChI is InChI=1S/3C7H10O4.C6H6S/c3*1-3-10-7(9)4-5-11-6(2)8;7-6-4-2-1-3-5-6/h3*4-5H,3H2,1-2H3;1-5,7H/b2*5-4+;5-4-;. The van der Waals surface area contributed by atoms with Crippen LogP contribution in [0.15, 0.2) is 72.2 Å². The highest BCUT2D eigenvalue weighted by Crippen LogP contribution is 2.00. The summed E-state index contributed by atoms with van der Waals surface area (Å²) >= 11 is 4.08. The number of esters is 6. The molecular formula is C27H36O12S. The van der Waals surface area contributed by atoms with E-state index in [1.165, 1.54) is 20.8 Å². The average molecular weight is 585 g/mol. The lowest BCUT2D eigenvalue weighted by Gasteiger charge is -1.93. The summed E-state index contributed by atoms with van der Waals surface area (Å²) in [5.41, 5.74) is 0. The Kier molecular flexibility index (Phi) is 29.3. The van der Waals surface area contributed by atoms with Crippen molar-refractivity contribution in [1.82, 2.24) is 0 Å². The largest absolute Gasteiger partial charge is 0.463 e. The molecule has 0 unspecified atom stereocenters. The lowest BCUT2D eigenvalue weighted by atomic mass is 10.4. The van der Waals surface area contributed by atoms with E-state index in [1.807, 2.05) is 30.3 Å². The van der Waals surface area contributed by atoms with Crippen molar-refractivity contribution in [3.8, 4) is 0 Å². The molecule has 1 aromatic carbocycles. The van der Waals surface area contributed by atoms with E-state index >= 15 is 0 Å². The SMILES string of the molecule is CCOC(=O)/C=C/OC(C)=O.CCOC(=O)/C=C/OC(C)=O.CCOC(=O)/C=C\OC(C)=O.Sc1ccccc1. The van der Waals surface area contributed by atoms with Crippen LogP contribution in [-0.2, 0) is 57.2 Å². The lowest BCUT2D eigenvalue weighted by molar-refractivity contribution is -0.139. The summed E-state index contributed by atoms with van der Waals surface area (Å²) in [6.45, 7) is 9.74. The van der Waals surface area contributed by atoms with E-state index in [0.717, 1.165) is 41.9 Å². The monoisotopic (exact) mass is 584 g/mol. The van der Waals surface area contributed by atoms with E-state index in [9.17, 15) is 28.8 Å². The highest BCUT2D eigenvalue weighted by atomic mass is 32.1. The first-order valence-corrected chi connectivity index (χ1v) is 12.1. The maximum Gasteiger partial charge on any atom is 0.333 e. The van der Waals surface area contributed by atoms with Crippen LogP contribution in [0.25, 0.3) is 0 Å². The number of benzene rings is 1. The highest BCUT2D eigenvalue weighted by Gasteiger charge is 1.95. The van der Waals surface area contributed by atoms with E-state index < -0.39 is 35.8 Å². The molecule has 0 aliphatic rings. The van der Waals surface area contributed by atoms with Crippen molar-refractivity contribution in [2.75, 3.05) is 19.8 Å². The zero-order valence-corrected chi connectivity index (χ0v) is 24.2. The van der Waals surface area contributed by atoms with E-state index in [-0.39, 0.29) is 0 Å². The first-order valence-electron chi connectivity index (χ1n) is 11.6. The van der Waals surface area contributed by atoms with Gasteiger partial charge in [-0.15, -0.1) is 12.6 Å². The third-order valence-electron chi connectivity index (χ3n) is 2.93. The summed E-state index contributed by atoms with van der Waals surface area (Å²) in [5, 5.41) is 0. The molecule has 12 nitrogen and oxygen atoms in total. The number of ether oxygens (including phenoxy) is 6. The predicted octanol–water partition coefficient (Wildman–Crippen LogP) is 3.85. The maximum absolute atomic E-state index is 10.5. The molecule has 1 aromatic rings. The number of thiol groups is 1. The van der Waals surface area contributed by atoms with E-state index in [1.54, 1.807) is 20.8 Å². The predicted molar refractivity (Wildman–Crippen MR) is 146 cm³/mol. The smallest absolute Gasteiger partial charge is 0.333 e. The van der Waals surface area contributed by atoms with Crippen LogP contribution >= 0.6 is 12.6 Å². The number of carbonyl (C=O) groups excluding carboxylic acids is 6. The first-order chi connectivity index (χ1) is 18.9. The summed E-state index contributed by atoms with van der Waals surface area (Å²) in [6.07, 6.45) is 6.14. The second-order valence-corrected chi connectivity index (χ2v) is 6.84. The molecular weight excluding hydrogens is 548 g/mol. The minimum absolute atomic E-state index is 0.309. The number of hydrogen-bond donors (Lipinski definition) is 1. The molecule has 0 aliphatic carbocycles. The summed E-state index contributed by atoms with van der Waals surface area (Å²) in [6, 6.07) is 9.79. The van der Waals surface area contributed by atoms with Crippen LogP contribution in [0.3, 0.4) is 0 Å². The Morgan fingerprint density at radius 3 is 1.02 bits per heavy atom. The Morgan fingerprint density at radius 2 is 0.850 bits per heavy atom. The van der Waals surface area contributed by atoms with Gasteiger partial charge in [0.15, 0.2) is 0 Å². The van der Waals surface area contributed by atoms with Crippen LogP contribution in [0.5, 0.6) is 0 Å². The second kappa shape index (κ2) is 29.2. The highest BCUT2D eigenvalue weighted by molar-refractivity contribution is 7.80. The van der Waals surface area contributed by atoms with E-state index in [4.69, 9.17) is 0 Å². The molecule has 40 heavy (non-hydrogen) atoms. The van der Waals surface area contributed by atoms with Crippen LogP contribution in [0.2, 0.25) is 0 Å². The van der Waals surface area contributed by atoms with Crippen molar-refractivity contribution < 1.29 is 57.2 Å². The van der Waals surface area contributed by atoms with Crippen LogP contribution in [-0.4, -0.2) is 55.6 Å². The fourth-order valence-electron chi connectivity index (χ4n) is 1.56. The van der Waals surface area contributed by atoms with Crippen LogP contribution in [0.4, 0.5) is 0 Å². The van der Waals surface area contributed by atoms with Crippen LogP contribution < -0.4 is 0 Å². The van der Waals surface area contributed by atoms with Gasteiger partial charge >= 0.3 is 35.8 Å². The maximum atomic E-state index is 10.5. The molecule has 13 heteroatoms. The van der Waals surface area contributed by atoms with Gasteiger partial charge in [-0.25, -0.2) is 14.4 Å². The van der Waals surface area contributed by atoms with E-state index in [0.29, 0.717) is 19.8 Å². The van der Waals surface area contributed by atoms with Gasteiger partial charge in [-0.2, -0.15) is 0 Å². The van der Waals surface area contributed by atoms with Gasteiger partial charge in [0.1, 0.15) is 18.8 Å². The van der Waals surface area contributed by atoms with Gasteiger partial charge in [-0.05, 0) is 32.9 Å². The van der Waals surface area contributed by atoms with Crippen molar-refractivity contribution >= 4 is 48.4 Å². The van der Waals surface area contributed by atoms with Gasteiger partial charge in [0.25, 0.3) is 0 Å². The Labute approximate surface area is 239 Å². The topological polar surface area (TPSA) is 158 Å². The third kappa shape index (κ3) is 38.1.